The number of guanidine groups is 1. The van der Waals surface area contributed by atoms with E-state index in [1.165, 1.54) is 5.56 Å². The third kappa shape index (κ3) is 3.76. The van der Waals surface area contributed by atoms with Crippen molar-refractivity contribution in [3.8, 4) is 0 Å². The van der Waals surface area contributed by atoms with Crippen LogP contribution in [0.1, 0.15) is 18.2 Å². The number of rotatable bonds is 5. The molecule has 0 bridgehead atoms. The van der Waals surface area contributed by atoms with Crippen molar-refractivity contribution in [1.29, 1.82) is 0 Å². The van der Waals surface area contributed by atoms with Gasteiger partial charge in [0, 0.05) is 18.8 Å². The average molecular weight is 326 g/mol. The van der Waals surface area contributed by atoms with Crippen molar-refractivity contribution >= 4 is 17.6 Å². The molecule has 2 aromatic rings. The Labute approximate surface area is 141 Å². The third-order valence-electron chi connectivity index (χ3n) is 3.89. The van der Waals surface area contributed by atoms with Crippen molar-refractivity contribution in [2.24, 2.45) is 4.99 Å². The average Bonchev–Trinajstić information content (AvgIpc) is 3.26. The van der Waals surface area contributed by atoms with Crippen molar-refractivity contribution in [2.45, 2.75) is 19.9 Å². The minimum atomic E-state index is -0.130. The van der Waals surface area contributed by atoms with Gasteiger partial charge in [0.05, 0.1) is 12.8 Å². The Bertz CT molecular complexity index is 710. The number of furan rings is 1. The molecule has 1 amide bonds. The van der Waals surface area contributed by atoms with Gasteiger partial charge < -0.3 is 20.0 Å². The van der Waals surface area contributed by atoms with Gasteiger partial charge in [-0.3, -0.25) is 4.79 Å². The number of anilines is 1. The van der Waals surface area contributed by atoms with Crippen LogP contribution in [0, 0.1) is 0 Å². The van der Waals surface area contributed by atoms with Crippen LogP contribution in [0.5, 0.6) is 0 Å². The molecule has 2 heterocycles. The number of nitrogens with zero attached hydrogens (tertiary/aromatic N) is 2. The van der Waals surface area contributed by atoms with Gasteiger partial charge in [-0.25, -0.2) is 4.99 Å². The first-order chi connectivity index (χ1) is 11.8. The number of benzene rings is 1. The van der Waals surface area contributed by atoms with E-state index in [4.69, 9.17) is 4.42 Å². The first kappa shape index (κ1) is 16.1. The fourth-order valence-electron chi connectivity index (χ4n) is 2.75. The summed E-state index contributed by atoms with van der Waals surface area (Å²) in [6.07, 6.45) is 2.58. The monoisotopic (exact) mass is 326 g/mol. The summed E-state index contributed by atoms with van der Waals surface area (Å²) in [6.45, 7) is 4.12. The second-order valence-electron chi connectivity index (χ2n) is 5.56. The van der Waals surface area contributed by atoms with Crippen molar-refractivity contribution in [1.82, 2.24) is 10.6 Å². The maximum absolute atomic E-state index is 12.0. The predicted octanol–water partition coefficient (Wildman–Crippen LogP) is 1.92. The lowest BCUT2D eigenvalue weighted by Gasteiger charge is -2.22. The molecular weight excluding hydrogens is 304 g/mol. The molecule has 2 N–H and O–H groups in total. The fraction of sp³-hybridized carbons (Fsp3) is 0.333. The normalized spacial score (nSPS) is 13.7. The van der Waals surface area contributed by atoms with E-state index in [1.54, 1.807) is 12.3 Å². The molecule has 0 saturated heterocycles. The zero-order valence-corrected chi connectivity index (χ0v) is 13.8. The summed E-state index contributed by atoms with van der Waals surface area (Å²) < 4.78 is 5.20. The summed E-state index contributed by atoms with van der Waals surface area (Å²) in [6, 6.07) is 11.9. The first-order valence-electron chi connectivity index (χ1n) is 8.20. The van der Waals surface area contributed by atoms with E-state index in [0.717, 1.165) is 36.9 Å². The molecule has 1 aromatic carbocycles. The van der Waals surface area contributed by atoms with E-state index in [1.807, 2.05) is 19.1 Å². The lowest BCUT2D eigenvalue weighted by Crippen LogP contribution is -2.41. The van der Waals surface area contributed by atoms with Crippen molar-refractivity contribution in [3.63, 3.8) is 0 Å². The van der Waals surface area contributed by atoms with E-state index in [0.29, 0.717) is 6.54 Å². The highest BCUT2D eigenvalue weighted by molar-refractivity contribution is 5.99. The first-order valence-corrected chi connectivity index (χ1v) is 8.20. The van der Waals surface area contributed by atoms with Gasteiger partial charge in [0.25, 0.3) is 0 Å². The Balaban J connectivity index is 1.63. The highest BCUT2D eigenvalue weighted by Gasteiger charge is 2.22. The minimum absolute atomic E-state index is 0.0850. The van der Waals surface area contributed by atoms with Gasteiger partial charge in [0.1, 0.15) is 12.3 Å². The summed E-state index contributed by atoms with van der Waals surface area (Å²) in [7, 11) is 0. The van der Waals surface area contributed by atoms with Crippen molar-refractivity contribution in [3.05, 3.63) is 54.0 Å². The molecule has 0 unspecified atom stereocenters. The van der Waals surface area contributed by atoms with Crippen LogP contribution in [-0.2, 0) is 17.8 Å². The highest BCUT2D eigenvalue weighted by atomic mass is 16.3. The SMILES string of the molecule is CCNC(=NCC(=O)NCc1ccco1)N1CCc2ccccc21. The van der Waals surface area contributed by atoms with Gasteiger partial charge in [-0.05, 0) is 37.1 Å². The Morgan fingerprint density at radius 2 is 2.12 bits per heavy atom. The lowest BCUT2D eigenvalue weighted by molar-refractivity contribution is -0.119. The minimum Gasteiger partial charge on any atom is -0.467 e. The molecule has 6 nitrogen and oxygen atoms in total. The molecule has 0 saturated carbocycles. The second kappa shape index (κ2) is 7.68. The number of carbonyl (C=O) groups is 1. The zero-order valence-electron chi connectivity index (χ0n) is 13.8. The van der Waals surface area contributed by atoms with Gasteiger partial charge in [0.2, 0.25) is 5.91 Å². The van der Waals surface area contributed by atoms with Crippen LogP contribution in [0.3, 0.4) is 0 Å². The van der Waals surface area contributed by atoms with Crippen LogP contribution in [0.4, 0.5) is 5.69 Å². The summed E-state index contributed by atoms with van der Waals surface area (Å²) >= 11 is 0. The van der Waals surface area contributed by atoms with E-state index in [9.17, 15) is 4.79 Å². The standard InChI is InChI=1S/C18H22N4O2/c1-2-19-18(22-10-9-14-6-3-4-8-16(14)22)21-13-17(23)20-12-15-7-5-11-24-15/h3-8,11H,2,9-10,12-13H2,1H3,(H,19,21)(H,20,23). The summed E-state index contributed by atoms with van der Waals surface area (Å²) in [5.74, 6) is 1.34. The van der Waals surface area contributed by atoms with Crippen molar-refractivity contribution < 1.29 is 9.21 Å². The lowest BCUT2D eigenvalue weighted by atomic mass is 10.2. The topological polar surface area (TPSA) is 69.9 Å². The summed E-state index contributed by atoms with van der Waals surface area (Å²) in [5.41, 5.74) is 2.47. The number of fused-ring (bicyclic) bond motifs is 1. The van der Waals surface area contributed by atoms with E-state index >= 15 is 0 Å². The molecule has 3 rings (SSSR count). The number of hydrogen-bond donors (Lipinski definition) is 2. The van der Waals surface area contributed by atoms with Crippen LogP contribution in [-0.4, -0.2) is 31.5 Å². The molecule has 0 spiro atoms. The maximum Gasteiger partial charge on any atom is 0.242 e. The van der Waals surface area contributed by atoms with Gasteiger partial charge >= 0.3 is 0 Å². The molecule has 0 atom stereocenters. The van der Waals surface area contributed by atoms with Gasteiger partial charge in [-0.15, -0.1) is 0 Å². The Hall–Kier alpha value is -2.76. The number of para-hydroxylation sites is 1. The maximum atomic E-state index is 12.0. The van der Waals surface area contributed by atoms with Gasteiger partial charge in [-0.2, -0.15) is 0 Å². The summed E-state index contributed by atoms with van der Waals surface area (Å²) in [4.78, 5) is 18.6. The number of hydrogen-bond acceptors (Lipinski definition) is 3. The molecule has 1 aliphatic rings. The van der Waals surface area contributed by atoms with Crippen molar-refractivity contribution in [2.75, 3.05) is 24.5 Å². The van der Waals surface area contributed by atoms with E-state index in [-0.39, 0.29) is 12.5 Å². The number of carbonyl (C=O) groups excluding carboxylic acids is 1. The van der Waals surface area contributed by atoms with Crippen LogP contribution in [0.2, 0.25) is 0 Å². The molecule has 126 valence electrons. The molecular formula is C18H22N4O2. The quantitative estimate of drug-likeness (QED) is 0.651. The fourth-order valence-corrected chi connectivity index (χ4v) is 2.75. The molecule has 6 heteroatoms. The molecule has 0 aliphatic carbocycles. The number of amides is 1. The molecule has 24 heavy (non-hydrogen) atoms. The van der Waals surface area contributed by atoms with Gasteiger partial charge in [-0.1, -0.05) is 18.2 Å². The van der Waals surface area contributed by atoms with Crippen LogP contribution in [0.15, 0.2) is 52.1 Å². The second-order valence-corrected chi connectivity index (χ2v) is 5.56. The Morgan fingerprint density at radius 1 is 1.25 bits per heavy atom. The predicted molar refractivity (Wildman–Crippen MR) is 94.0 cm³/mol. The van der Waals surface area contributed by atoms with Crippen LogP contribution >= 0.6 is 0 Å². The molecule has 1 aliphatic heterocycles. The molecule has 0 radical (unpaired) electrons. The molecule has 1 aromatic heterocycles. The largest absolute Gasteiger partial charge is 0.467 e. The van der Waals surface area contributed by atoms with Crippen LogP contribution < -0.4 is 15.5 Å². The zero-order chi connectivity index (χ0) is 16.8. The smallest absolute Gasteiger partial charge is 0.242 e. The Morgan fingerprint density at radius 3 is 2.92 bits per heavy atom. The highest BCUT2D eigenvalue weighted by Crippen LogP contribution is 2.27. The number of nitrogens with one attached hydrogen (secondary N) is 2. The molecule has 0 fully saturated rings. The Kier molecular flexibility index (Phi) is 5.15. The van der Waals surface area contributed by atoms with E-state index in [2.05, 4.69) is 38.7 Å². The number of aliphatic imine (C=N–C) groups is 1. The van der Waals surface area contributed by atoms with E-state index < -0.39 is 0 Å². The van der Waals surface area contributed by atoms with Crippen LogP contribution in [0.25, 0.3) is 0 Å². The third-order valence-corrected chi connectivity index (χ3v) is 3.89. The van der Waals surface area contributed by atoms with Gasteiger partial charge in [0.15, 0.2) is 5.96 Å². The summed E-state index contributed by atoms with van der Waals surface area (Å²) in [5, 5.41) is 6.07.